The molecule has 2 aliphatic heterocycles. The third-order valence-electron chi connectivity index (χ3n) is 5.43. The van der Waals surface area contributed by atoms with Crippen molar-refractivity contribution in [3.05, 3.63) is 17.5 Å². The van der Waals surface area contributed by atoms with Gasteiger partial charge in [0.25, 0.3) is 0 Å². The van der Waals surface area contributed by atoms with Crippen LogP contribution in [-0.4, -0.2) is 40.4 Å². The number of rotatable bonds is 5. The normalized spacial score (nSPS) is 29.5. The number of hydrogen-bond donors (Lipinski definition) is 1. The molecule has 4 nitrogen and oxygen atoms in total. The Kier molecular flexibility index (Phi) is 4.36. The van der Waals surface area contributed by atoms with Crippen LogP contribution < -0.4 is 5.32 Å². The Morgan fingerprint density at radius 1 is 1.24 bits per heavy atom. The van der Waals surface area contributed by atoms with Crippen molar-refractivity contribution in [2.75, 3.05) is 13.6 Å². The molecule has 2 bridgehead atoms. The second-order valence-corrected chi connectivity index (χ2v) is 7.39. The molecule has 21 heavy (non-hydrogen) atoms. The van der Waals surface area contributed by atoms with Crippen LogP contribution >= 0.6 is 0 Å². The Balaban J connectivity index is 1.51. The molecule has 0 aliphatic carbocycles. The van der Waals surface area contributed by atoms with Crippen LogP contribution in [-0.2, 0) is 13.6 Å². The first kappa shape index (κ1) is 15.0. The van der Waals surface area contributed by atoms with Crippen molar-refractivity contribution < 1.29 is 0 Å². The molecule has 2 fully saturated rings. The molecule has 1 N–H and O–H groups in total. The van der Waals surface area contributed by atoms with Gasteiger partial charge in [-0.2, -0.15) is 5.10 Å². The molecule has 0 amide bonds. The van der Waals surface area contributed by atoms with Gasteiger partial charge in [0.2, 0.25) is 0 Å². The van der Waals surface area contributed by atoms with Gasteiger partial charge in [-0.15, -0.1) is 0 Å². The van der Waals surface area contributed by atoms with Gasteiger partial charge in [0.15, 0.2) is 0 Å². The van der Waals surface area contributed by atoms with Gasteiger partial charge in [0.05, 0.1) is 5.69 Å². The summed E-state index contributed by atoms with van der Waals surface area (Å²) in [6, 6.07) is 1.69. The van der Waals surface area contributed by atoms with E-state index in [0.717, 1.165) is 31.1 Å². The summed E-state index contributed by atoms with van der Waals surface area (Å²) in [5.41, 5.74) is 2.61. The van der Waals surface area contributed by atoms with E-state index >= 15 is 0 Å². The molecule has 3 heterocycles. The lowest BCUT2D eigenvalue weighted by Gasteiger charge is -2.36. The van der Waals surface area contributed by atoms with E-state index in [4.69, 9.17) is 0 Å². The minimum atomic E-state index is 0.502. The monoisotopic (exact) mass is 290 g/mol. The van der Waals surface area contributed by atoms with Gasteiger partial charge in [-0.25, -0.2) is 0 Å². The summed E-state index contributed by atoms with van der Waals surface area (Å²) < 4.78 is 1.95. The van der Waals surface area contributed by atoms with Crippen LogP contribution in [0.5, 0.6) is 0 Å². The van der Waals surface area contributed by atoms with Crippen molar-refractivity contribution in [1.29, 1.82) is 0 Å². The molecule has 0 saturated carbocycles. The molecule has 1 aromatic rings. The summed E-state index contributed by atoms with van der Waals surface area (Å²) in [4.78, 5) is 2.62. The number of hydrogen-bond acceptors (Lipinski definition) is 3. The maximum Gasteiger partial charge on any atom is 0.0694 e. The minimum Gasteiger partial charge on any atom is -0.312 e. The lowest BCUT2D eigenvalue weighted by Crippen LogP contribution is -2.42. The van der Waals surface area contributed by atoms with Gasteiger partial charge in [-0.05, 0) is 51.1 Å². The molecular formula is C17H30N4. The number of nitrogens with zero attached hydrogens (tertiary/aromatic N) is 3. The summed E-state index contributed by atoms with van der Waals surface area (Å²) in [6.07, 6.45) is 7.75. The fourth-order valence-electron chi connectivity index (χ4n) is 4.28. The first-order valence-electron chi connectivity index (χ1n) is 8.49. The van der Waals surface area contributed by atoms with Gasteiger partial charge in [0, 0.05) is 37.4 Å². The zero-order chi connectivity index (χ0) is 15.0. The first-order chi connectivity index (χ1) is 10.0. The molecule has 0 aromatic carbocycles. The number of nitrogens with one attached hydrogen (secondary N) is 1. The summed E-state index contributed by atoms with van der Waals surface area (Å²) in [5.74, 6) is 1.36. The molecule has 3 rings (SSSR count). The smallest absolute Gasteiger partial charge is 0.0694 e. The highest BCUT2D eigenvalue weighted by molar-refractivity contribution is 5.19. The van der Waals surface area contributed by atoms with Crippen molar-refractivity contribution in [2.24, 2.45) is 13.0 Å². The highest BCUT2D eigenvalue weighted by atomic mass is 15.3. The van der Waals surface area contributed by atoms with E-state index in [9.17, 15) is 0 Å². The topological polar surface area (TPSA) is 33.1 Å². The van der Waals surface area contributed by atoms with Crippen LogP contribution in [0.2, 0.25) is 0 Å². The Labute approximate surface area is 128 Å². The van der Waals surface area contributed by atoms with Gasteiger partial charge >= 0.3 is 0 Å². The molecule has 0 spiro atoms. The van der Waals surface area contributed by atoms with Crippen molar-refractivity contribution in [2.45, 2.75) is 64.1 Å². The van der Waals surface area contributed by atoms with Crippen LogP contribution in [0.15, 0.2) is 6.20 Å². The van der Waals surface area contributed by atoms with E-state index in [-0.39, 0.29) is 0 Å². The predicted octanol–water partition coefficient (Wildman–Crippen LogP) is 2.51. The standard InChI is InChI=1S/C17H30N4/c1-12(2)17-14(11-20(3)19-17)10-18-9-13-7-15-5-6-16(8-13)21(15)4/h11-13,15-16,18H,5-10H2,1-4H3. The Bertz CT molecular complexity index is 465. The molecule has 1 aromatic heterocycles. The molecule has 2 aliphatic rings. The number of fused-ring (bicyclic) bond motifs is 2. The van der Waals surface area contributed by atoms with E-state index in [1.54, 1.807) is 0 Å². The fourth-order valence-corrected chi connectivity index (χ4v) is 4.28. The Hall–Kier alpha value is -0.870. The maximum atomic E-state index is 4.59. The third-order valence-corrected chi connectivity index (χ3v) is 5.43. The highest BCUT2D eigenvalue weighted by Gasteiger charge is 2.37. The number of piperidine rings is 1. The summed E-state index contributed by atoms with van der Waals surface area (Å²) in [7, 11) is 4.33. The van der Waals surface area contributed by atoms with Crippen molar-refractivity contribution >= 4 is 0 Å². The van der Waals surface area contributed by atoms with Crippen LogP contribution in [0.4, 0.5) is 0 Å². The molecular weight excluding hydrogens is 260 g/mol. The van der Waals surface area contributed by atoms with Gasteiger partial charge in [0.1, 0.15) is 0 Å². The maximum absolute atomic E-state index is 4.59. The van der Waals surface area contributed by atoms with Gasteiger partial charge in [-0.1, -0.05) is 13.8 Å². The first-order valence-corrected chi connectivity index (χ1v) is 8.49. The SMILES string of the molecule is CC(C)c1nn(C)cc1CNCC1CC2CCC(C1)N2C. The van der Waals surface area contributed by atoms with Crippen molar-refractivity contribution in [1.82, 2.24) is 20.0 Å². The summed E-state index contributed by atoms with van der Waals surface area (Å²) in [5, 5.41) is 8.28. The van der Waals surface area contributed by atoms with Crippen molar-refractivity contribution in [3.8, 4) is 0 Å². The summed E-state index contributed by atoms with van der Waals surface area (Å²) >= 11 is 0. The van der Waals surface area contributed by atoms with E-state index in [1.807, 2.05) is 11.7 Å². The van der Waals surface area contributed by atoms with Gasteiger partial charge < -0.3 is 10.2 Å². The van der Waals surface area contributed by atoms with Crippen LogP contribution in [0.25, 0.3) is 0 Å². The average molecular weight is 290 g/mol. The lowest BCUT2D eigenvalue weighted by atomic mass is 9.91. The molecule has 4 heteroatoms. The Morgan fingerprint density at radius 3 is 2.52 bits per heavy atom. The number of aryl methyl sites for hydroxylation is 1. The quantitative estimate of drug-likeness (QED) is 0.904. The van der Waals surface area contributed by atoms with E-state index in [0.29, 0.717) is 5.92 Å². The zero-order valence-electron chi connectivity index (χ0n) is 14.0. The lowest BCUT2D eigenvalue weighted by molar-refractivity contribution is 0.133. The zero-order valence-corrected chi connectivity index (χ0v) is 14.0. The fraction of sp³-hybridized carbons (Fsp3) is 0.824. The van der Waals surface area contributed by atoms with Crippen LogP contribution in [0.3, 0.4) is 0 Å². The van der Waals surface area contributed by atoms with Crippen LogP contribution in [0, 0.1) is 5.92 Å². The highest BCUT2D eigenvalue weighted by Crippen LogP contribution is 2.37. The third kappa shape index (κ3) is 3.16. The molecule has 2 atom stereocenters. The minimum absolute atomic E-state index is 0.502. The molecule has 118 valence electrons. The molecule has 0 radical (unpaired) electrons. The molecule has 2 unspecified atom stereocenters. The van der Waals surface area contributed by atoms with E-state index < -0.39 is 0 Å². The van der Waals surface area contributed by atoms with E-state index in [1.165, 1.54) is 36.9 Å². The second kappa shape index (κ2) is 6.09. The molecule has 2 saturated heterocycles. The van der Waals surface area contributed by atoms with Crippen LogP contribution in [0.1, 0.15) is 56.7 Å². The summed E-state index contributed by atoms with van der Waals surface area (Å²) in [6.45, 7) is 6.57. The second-order valence-electron chi connectivity index (χ2n) is 7.39. The van der Waals surface area contributed by atoms with E-state index in [2.05, 4.69) is 42.4 Å². The van der Waals surface area contributed by atoms with Gasteiger partial charge in [-0.3, -0.25) is 4.68 Å². The largest absolute Gasteiger partial charge is 0.312 e. The number of aromatic nitrogens is 2. The average Bonchev–Trinajstić information content (AvgIpc) is 2.87. The predicted molar refractivity (Wildman–Crippen MR) is 86.3 cm³/mol. The van der Waals surface area contributed by atoms with Crippen molar-refractivity contribution in [3.63, 3.8) is 0 Å². The Morgan fingerprint density at radius 2 is 1.90 bits per heavy atom.